The first-order valence-electron chi connectivity index (χ1n) is 5.84. The molecule has 1 aromatic heterocycles. The highest BCUT2D eigenvalue weighted by Crippen LogP contribution is 2.41. The molecule has 0 radical (unpaired) electrons. The Morgan fingerprint density at radius 3 is 2.65 bits per heavy atom. The highest BCUT2D eigenvalue weighted by atomic mass is 35.5. The quantitative estimate of drug-likeness (QED) is 0.597. The first kappa shape index (κ1) is 12.3. The van der Waals surface area contributed by atoms with Gasteiger partial charge in [0.1, 0.15) is 6.07 Å². The van der Waals surface area contributed by atoms with Crippen molar-refractivity contribution >= 4 is 33.9 Å². The Morgan fingerprint density at radius 1 is 1.20 bits per heavy atom. The Labute approximate surface area is 119 Å². The number of nitrogens with zero attached hydrogens (tertiary/aromatic N) is 2. The summed E-state index contributed by atoms with van der Waals surface area (Å²) in [4.78, 5) is 0. The van der Waals surface area contributed by atoms with Crippen molar-refractivity contribution in [2.24, 2.45) is 0 Å². The molecule has 0 saturated heterocycles. The molecule has 0 unspecified atom stereocenters. The van der Waals surface area contributed by atoms with Crippen molar-refractivity contribution in [3.05, 3.63) is 41.0 Å². The number of nitrogen functional groups attached to an aromatic ring is 2. The lowest BCUT2D eigenvalue weighted by atomic mass is 9.94. The molecule has 0 bridgehead atoms. The molecular formula is C14H10ClN5. The van der Waals surface area contributed by atoms with Gasteiger partial charge < -0.3 is 11.5 Å². The van der Waals surface area contributed by atoms with Crippen molar-refractivity contribution in [1.29, 1.82) is 5.26 Å². The lowest BCUT2D eigenvalue weighted by Crippen LogP contribution is -2.01. The van der Waals surface area contributed by atoms with Crippen LogP contribution in [0, 0.1) is 11.3 Å². The largest absolute Gasteiger partial charge is 0.398 e. The van der Waals surface area contributed by atoms with Crippen LogP contribution in [0.5, 0.6) is 0 Å². The molecule has 20 heavy (non-hydrogen) atoms. The van der Waals surface area contributed by atoms with Gasteiger partial charge in [-0.1, -0.05) is 29.8 Å². The maximum atomic E-state index is 9.41. The average molecular weight is 284 g/mol. The molecule has 3 rings (SSSR count). The van der Waals surface area contributed by atoms with E-state index in [1.165, 1.54) is 0 Å². The molecule has 5 nitrogen and oxygen atoms in total. The molecule has 98 valence electrons. The number of aromatic amines is 1. The molecule has 0 aliphatic rings. The zero-order valence-corrected chi connectivity index (χ0v) is 11.1. The van der Waals surface area contributed by atoms with Crippen molar-refractivity contribution < 1.29 is 0 Å². The van der Waals surface area contributed by atoms with Gasteiger partial charge >= 0.3 is 0 Å². The number of nitriles is 1. The summed E-state index contributed by atoms with van der Waals surface area (Å²) in [5.74, 6) is 0. The van der Waals surface area contributed by atoms with Crippen LogP contribution in [-0.2, 0) is 0 Å². The molecule has 5 N–H and O–H groups in total. The van der Waals surface area contributed by atoms with Gasteiger partial charge in [0.25, 0.3) is 0 Å². The van der Waals surface area contributed by atoms with Crippen LogP contribution < -0.4 is 11.5 Å². The number of H-pyrrole nitrogens is 1. The van der Waals surface area contributed by atoms with Crippen molar-refractivity contribution in [3.8, 4) is 17.2 Å². The minimum atomic E-state index is 0.298. The number of halogens is 1. The van der Waals surface area contributed by atoms with Gasteiger partial charge in [0.05, 0.1) is 28.7 Å². The van der Waals surface area contributed by atoms with Crippen molar-refractivity contribution in [2.75, 3.05) is 11.5 Å². The van der Waals surface area contributed by atoms with E-state index in [2.05, 4.69) is 16.3 Å². The third kappa shape index (κ3) is 1.59. The molecule has 0 aliphatic carbocycles. The van der Waals surface area contributed by atoms with E-state index in [1.807, 2.05) is 12.1 Å². The third-order valence-corrected chi connectivity index (χ3v) is 3.57. The molecule has 2 aromatic carbocycles. The zero-order valence-electron chi connectivity index (χ0n) is 10.3. The summed E-state index contributed by atoms with van der Waals surface area (Å²) in [5.41, 5.74) is 15.1. The second-order valence-electron chi connectivity index (χ2n) is 4.33. The highest BCUT2D eigenvalue weighted by Gasteiger charge is 2.20. The van der Waals surface area contributed by atoms with Gasteiger partial charge in [0.2, 0.25) is 0 Å². The van der Waals surface area contributed by atoms with Gasteiger partial charge in [-0.15, -0.1) is 0 Å². The molecule has 0 aliphatic heterocycles. The van der Waals surface area contributed by atoms with Crippen LogP contribution in [0.25, 0.3) is 22.0 Å². The van der Waals surface area contributed by atoms with Crippen LogP contribution in [0.3, 0.4) is 0 Å². The first-order chi connectivity index (χ1) is 9.65. The molecule has 0 atom stereocenters. The molecule has 0 amide bonds. The zero-order chi connectivity index (χ0) is 14.3. The third-order valence-electron chi connectivity index (χ3n) is 3.24. The maximum absolute atomic E-state index is 9.41. The average Bonchev–Trinajstić information content (AvgIpc) is 2.93. The van der Waals surface area contributed by atoms with E-state index in [0.717, 1.165) is 0 Å². The molecule has 0 fully saturated rings. The van der Waals surface area contributed by atoms with E-state index < -0.39 is 0 Å². The first-order valence-corrected chi connectivity index (χ1v) is 6.22. The van der Waals surface area contributed by atoms with Crippen LogP contribution >= 0.6 is 11.6 Å². The Hall–Kier alpha value is -2.71. The van der Waals surface area contributed by atoms with Crippen LogP contribution in [0.4, 0.5) is 11.4 Å². The highest BCUT2D eigenvalue weighted by molar-refractivity contribution is 6.34. The fraction of sp³-hybridized carbons (Fsp3) is 0. The summed E-state index contributed by atoms with van der Waals surface area (Å²) >= 11 is 6.21. The normalized spacial score (nSPS) is 10.6. The summed E-state index contributed by atoms with van der Waals surface area (Å²) < 4.78 is 0. The number of rotatable bonds is 1. The molecule has 0 saturated carbocycles. The smallest absolute Gasteiger partial charge is 0.102 e. The topological polar surface area (TPSA) is 105 Å². The van der Waals surface area contributed by atoms with Crippen LogP contribution in [0.15, 0.2) is 30.5 Å². The second-order valence-corrected chi connectivity index (χ2v) is 4.73. The molecule has 6 heteroatoms. The molecule has 1 heterocycles. The van der Waals surface area contributed by atoms with Crippen LogP contribution in [-0.4, -0.2) is 10.2 Å². The van der Waals surface area contributed by atoms with Crippen LogP contribution in [0.1, 0.15) is 5.56 Å². The Balaban J connectivity index is 2.50. The lowest BCUT2D eigenvalue weighted by Gasteiger charge is -2.13. The van der Waals surface area contributed by atoms with Gasteiger partial charge in [0, 0.05) is 21.5 Å². The molecular weight excluding hydrogens is 274 g/mol. The van der Waals surface area contributed by atoms with Crippen LogP contribution in [0.2, 0.25) is 5.02 Å². The summed E-state index contributed by atoms with van der Waals surface area (Å²) in [5, 5.41) is 17.3. The van der Waals surface area contributed by atoms with Gasteiger partial charge in [-0.25, -0.2) is 0 Å². The summed E-state index contributed by atoms with van der Waals surface area (Å²) in [6.07, 6.45) is 1.59. The van der Waals surface area contributed by atoms with Gasteiger partial charge in [0.15, 0.2) is 0 Å². The maximum Gasteiger partial charge on any atom is 0.102 e. The van der Waals surface area contributed by atoms with E-state index in [4.69, 9.17) is 23.1 Å². The number of aromatic nitrogens is 2. The monoisotopic (exact) mass is 283 g/mol. The van der Waals surface area contributed by atoms with Crippen molar-refractivity contribution in [1.82, 2.24) is 10.2 Å². The number of benzene rings is 2. The number of hydrogen-bond donors (Lipinski definition) is 3. The Kier molecular flexibility index (Phi) is 2.74. The predicted octanol–water partition coefficient (Wildman–Crippen LogP) is 2.92. The predicted molar refractivity (Wildman–Crippen MR) is 80.1 cm³/mol. The minimum absolute atomic E-state index is 0.298. The summed E-state index contributed by atoms with van der Waals surface area (Å²) in [7, 11) is 0. The number of nitrogens with two attached hydrogens (primary N) is 2. The SMILES string of the molecule is N#Cc1c(-c2ccccc2Cl)c(N)c2cn[nH]c2c1N. The summed E-state index contributed by atoms with van der Waals surface area (Å²) in [6, 6.07) is 9.29. The van der Waals surface area contributed by atoms with E-state index >= 15 is 0 Å². The fourth-order valence-electron chi connectivity index (χ4n) is 2.28. The van der Waals surface area contributed by atoms with E-state index in [9.17, 15) is 5.26 Å². The van der Waals surface area contributed by atoms with E-state index in [1.54, 1.807) is 18.3 Å². The van der Waals surface area contributed by atoms with Crippen molar-refractivity contribution in [3.63, 3.8) is 0 Å². The van der Waals surface area contributed by atoms with Gasteiger partial charge in [-0.2, -0.15) is 10.4 Å². The number of anilines is 2. The fourth-order valence-corrected chi connectivity index (χ4v) is 2.51. The molecule has 0 spiro atoms. The number of fused-ring (bicyclic) bond motifs is 1. The standard InChI is InChI=1S/C14H10ClN5/c15-10-4-2-1-3-7(10)11-8(5-16)13(18)14-9(12(11)17)6-19-20-14/h1-4,6H,17-18H2,(H,19,20). The molecule has 3 aromatic rings. The number of nitrogens with one attached hydrogen (secondary N) is 1. The van der Waals surface area contributed by atoms with E-state index in [-0.39, 0.29) is 0 Å². The lowest BCUT2D eigenvalue weighted by molar-refractivity contribution is 1.12. The summed E-state index contributed by atoms with van der Waals surface area (Å²) in [6.45, 7) is 0. The Bertz CT molecular complexity index is 860. The second kappa shape index (κ2) is 4.44. The van der Waals surface area contributed by atoms with Gasteiger partial charge in [-0.05, 0) is 6.07 Å². The number of hydrogen-bond acceptors (Lipinski definition) is 4. The Morgan fingerprint density at radius 2 is 1.95 bits per heavy atom. The van der Waals surface area contributed by atoms with E-state index in [0.29, 0.717) is 44.0 Å². The van der Waals surface area contributed by atoms with Crippen molar-refractivity contribution in [2.45, 2.75) is 0 Å². The minimum Gasteiger partial charge on any atom is -0.398 e. The van der Waals surface area contributed by atoms with Gasteiger partial charge in [-0.3, -0.25) is 5.10 Å².